The molecule has 2 aromatic rings. The van der Waals surface area contributed by atoms with E-state index in [0.717, 1.165) is 17.0 Å². The molecule has 0 saturated heterocycles. The van der Waals surface area contributed by atoms with E-state index >= 15 is 0 Å². The van der Waals surface area contributed by atoms with Gasteiger partial charge in [0.1, 0.15) is 5.75 Å². The summed E-state index contributed by atoms with van der Waals surface area (Å²) in [7, 11) is -3.45. The average molecular weight is 236 g/mol. The molecule has 2 rings (SSSR count). The first-order valence-corrected chi connectivity index (χ1v) is 6.65. The predicted molar refractivity (Wildman–Crippen MR) is 64.2 cm³/mol. The Balaban J connectivity index is 2.49. The summed E-state index contributed by atoms with van der Waals surface area (Å²) in [6.07, 6.45) is 1.03. The minimum absolute atomic E-state index is 0.346. The van der Waals surface area contributed by atoms with Crippen LogP contribution in [0.3, 0.4) is 0 Å². The lowest BCUT2D eigenvalue weighted by molar-refractivity contribution is 0.493. The van der Waals surface area contributed by atoms with Crippen LogP contribution >= 0.6 is 0 Å². The van der Waals surface area contributed by atoms with Crippen LogP contribution in [0.2, 0.25) is 0 Å². The van der Waals surface area contributed by atoms with Crippen molar-refractivity contribution >= 4 is 20.9 Å². The van der Waals surface area contributed by atoms with Gasteiger partial charge in [0.05, 0.1) is 6.26 Å². The van der Waals surface area contributed by atoms with Crippen LogP contribution in [0.15, 0.2) is 36.4 Å². The molecular formula is C12H12O3S. The van der Waals surface area contributed by atoms with Crippen molar-refractivity contribution in [2.45, 2.75) is 6.92 Å². The van der Waals surface area contributed by atoms with E-state index in [0.29, 0.717) is 5.75 Å². The Kier molecular flexibility index (Phi) is 2.59. The van der Waals surface area contributed by atoms with Crippen LogP contribution in [0.25, 0.3) is 10.8 Å². The quantitative estimate of drug-likeness (QED) is 0.752. The molecule has 0 aliphatic rings. The van der Waals surface area contributed by atoms with Gasteiger partial charge in [-0.15, -0.1) is 0 Å². The monoisotopic (exact) mass is 236 g/mol. The van der Waals surface area contributed by atoms with Crippen molar-refractivity contribution in [1.29, 1.82) is 0 Å². The molecule has 0 aromatic heterocycles. The summed E-state index contributed by atoms with van der Waals surface area (Å²) in [5, 5.41) is 2.03. The number of rotatable bonds is 2. The van der Waals surface area contributed by atoms with E-state index in [1.54, 1.807) is 12.1 Å². The summed E-state index contributed by atoms with van der Waals surface area (Å²) in [6, 6.07) is 11.2. The second kappa shape index (κ2) is 3.79. The van der Waals surface area contributed by atoms with Crippen molar-refractivity contribution in [2.75, 3.05) is 6.26 Å². The van der Waals surface area contributed by atoms with E-state index < -0.39 is 10.1 Å². The van der Waals surface area contributed by atoms with Gasteiger partial charge in [-0.2, -0.15) is 8.42 Å². The van der Waals surface area contributed by atoms with Crippen LogP contribution < -0.4 is 4.18 Å². The fraction of sp³-hybridized carbons (Fsp3) is 0.167. The Hall–Kier alpha value is -1.55. The number of hydrogen-bond donors (Lipinski definition) is 0. The summed E-state index contributed by atoms with van der Waals surface area (Å²) in [5.74, 6) is 0.346. The molecule has 0 unspecified atom stereocenters. The molecule has 0 amide bonds. The van der Waals surface area contributed by atoms with Gasteiger partial charge in [-0.25, -0.2) is 0 Å². The van der Waals surface area contributed by atoms with Crippen molar-refractivity contribution in [3.8, 4) is 5.75 Å². The minimum atomic E-state index is -3.45. The first kappa shape index (κ1) is 11.0. The third-order valence-corrected chi connectivity index (χ3v) is 2.71. The van der Waals surface area contributed by atoms with E-state index in [2.05, 4.69) is 0 Å². The first-order valence-electron chi connectivity index (χ1n) is 4.84. The van der Waals surface area contributed by atoms with Crippen LogP contribution in [0.5, 0.6) is 5.75 Å². The van der Waals surface area contributed by atoms with Crippen LogP contribution in [-0.4, -0.2) is 14.7 Å². The van der Waals surface area contributed by atoms with E-state index in [9.17, 15) is 8.42 Å². The van der Waals surface area contributed by atoms with Gasteiger partial charge in [-0.05, 0) is 29.8 Å². The Bertz CT molecular complexity index is 630. The van der Waals surface area contributed by atoms with Gasteiger partial charge in [-0.3, -0.25) is 0 Å². The Labute approximate surface area is 94.8 Å². The maximum atomic E-state index is 11.0. The fourth-order valence-electron chi connectivity index (χ4n) is 1.57. The molecule has 0 spiro atoms. The van der Waals surface area contributed by atoms with Gasteiger partial charge in [0.2, 0.25) is 0 Å². The zero-order valence-corrected chi connectivity index (χ0v) is 9.91. The maximum absolute atomic E-state index is 11.0. The second-order valence-electron chi connectivity index (χ2n) is 3.80. The molecule has 0 radical (unpaired) electrons. The number of fused-ring (bicyclic) bond motifs is 1. The van der Waals surface area contributed by atoms with Gasteiger partial charge in [0.25, 0.3) is 0 Å². The van der Waals surface area contributed by atoms with Gasteiger partial charge in [0, 0.05) is 0 Å². The molecule has 0 aliphatic carbocycles. The predicted octanol–water partition coefficient (Wildman–Crippen LogP) is 2.49. The van der Waals surface area contributed by atoms with Gasteiger partial charge in [-0.1, -0.05) is 29.8 Å². The summed E-state index contributed by atoms with van der Waals surface area (Å²) < 4.78 is 26.7. The molecule has 0 atom stereocenters. The summed E-state index contributed by atoms with van der Waals surface area (Å²) in [5.41, 5.74) is 1.17. The van der Waals surface area contributed by atoms with Crippen molar-refractivity contribution < 1.29 is 12.6 Å². The Morgan fingerprint density at radius 1 is 1.00 bits per heavy atom. The molecule has 0 N–H and O–H groups in total. The highest BCUT2D eigenvalue weighted by Gasteiger charge is 2.04. The number of hydrogen-bond acceptors (Lipinski definition) is 3. The molecule has 0 heterocycles. The maximum Gasteiger partial charge on any atom is 0.306 e. The van der Waals surface area contributed by atoms with E-state index in [1.807, 2.05) is 31.2 Å². The average Bonchev–Trinajstić information content (AvgIpc) is 2.16. The molecule has 0 fully saturated rings. The zero-order valence-electron chi connectivity index (χ0n) is 9.10. The number of benzene rings is 2. The van der Waals surface area contributed by atoms with Gasteiger partial charge in [0.15, 0.2) is 0 Å². The molecule has 0 aliphatic heterocycles. The summed E-state index contributed by atoms with van der Waals surface area (Å²) in [6.45, 7) is 2.01. The van der Waals surface area contributed by atoms with Crippen molar-refractivity contribution in [3.63, 3.8) is 0 Å². The van der Waals surface area contributed by atoms with Crippen LogP contribution in [0.4, 0.5) is 0 Å². The standard InChI is InChI=1S/C12H12O3S/c1-9-3-4-11-8-12(15-16(2,13)14)6-5-10(11)7-9/h3-8H,1-2H3. The largest absolute Gasteiger partial charge is 0.383 e. The third-order valence-electron chi connectivity index (χ3n) is 2.21. The van der Waals surface area contributed by atoms with Gasteiger partial charge >= 0.3 is 10.1 Å². The van der Waals surface area contributed by atoms with Crippen LogP contribution in [0.1, 0.15) is 5.56 Å². The smallest absolute Gasteiger partial charge is 0.306 e. The van der Waals surface area contributed by atoms with Crippen molar-refractivity contribution in [2.24, 2.45) is 0 Å². The highest BCUT2D eigenvalue weighted by atomic mass is 32.2. The van der Waals surface area contributed by atoms with Gasteiger partial charge < -0.3 is 4.18 Å². The highest BCUT2D eigenvalue weighted by molar-refractivity contribution is 7.86. The highest BCUT2D eigenvalue weighted by Crippen LogP contribution is 2.22. The fourth-order valence-corrected chi connectivity index (χ4v) is 2.02. The molecule has 84 valence electrons. The zero-order chi connectivity index (χ0) is 11.8. The topological polar surface area (TPSA) is 43.4 Å². The SMILES string of the molecule is Cc1ccc2cc(OS(C)(=O)=O)ccc2c1. The molecule has 2 aromatic carbocycles. The molecular weight excluding hydrogens is 224 g/mol. The van der Waals surface area contributed by atoms with Crippen LogP contribution in [-0.2, 0) is 10.1 Å². The molecule has 0 saturated carbocycles. The second-order valence-corrected chi connectivity index (χ2v) is 5.37. The van der Waals surface area contributed by atoms with Crippen molar-refractivity contribution in [3.05, 3.63) is 42.0 Å². The molecule has 4 heteroatoms. The summed E-state index contributed by atoms with van der Waals surface area (Å²) in [4.78, 5) is 0. The summed E-state index contributed by atoms with van der Waals surface area (Å²) >= 11 is 0. The molecule has 0 bridgehead atoms. The molecule has 16 heavy (non-hydrogen) atoms. The van der Waals surface area contributed by atoms with Crippen molar-refractivity contribution in [1.82, 2.24) is 0 Å². The Morgan fingerprint density at radius 2 is 1.62 bits per heavy atom. The molecule has 3 nitrogen and oxygen atoms in total. The minimum Gasteiger partial charge on any atom is -0.383 e. The van der Waals surface area contributed by atoms with E-state index in [-0.39, 0.29) is 0 Å². The Morgan fingerprint density at radius 3 is 2.31 bits per heavy atom. The lowest BCUT2D eigenvalue weighted by Crippen LogP contribution is -2.05. The normalized spacial score (nSPS) is 11.6. The third kappa shape index (κ3) is 2.52. The van der Waals surface area contributed by atoms with Crippen LogP contribution in [0, 0.1) is 6.92 Å². The van der Waals surface area contributed by atoms with E-state index in [4.69, 9.17) is 4.18 Å². The first-order chi connectivity index (χ1) is 7.44. The number of aryl methyl sites for hydroxylation is 1. The van der Waals surface area contributed by atoms with E-state index in [1.165, 1.54) is 5.56 Å². The lowest BCUT2D eigenvalue weighted by atomic mass is 10.1. The lowest BCUT2D eigenvalue weighted by Gasteiger charge is -2.04.